The first-order valence-electron chi connectivity index (χ1n) is 6.56. The van der Waals surface area contributed by atoms with Crippen LogP contribution in [0.3, 0.4) is 0 Å². The lowest BCUT2D eigenvalue weighted by Crippen LogP contribution is -2.21. The third-order valence-corrected chi connectivity index (χ3v) is 4.02. The van der Waals surface area contributed by atoms with Gasteiger partial charge in [0.25, 0.3) is 0 Å². The molecule has 3 nitrogen and oxygen atoms in total. The maximum Gasteiger partial charge on any atom is 0.0937 e. The minimum absolute atomic E-state index is 0.371. The fourth-order valence-corrected chi connectivity index (χ4v) is 2.57. The number of benzene rings is 1. The monoisotopic (exact) mass is 275 g/mol. The highest BCUT2D eigenvalue weighted by Gasteiger charge is 2.05. The largest absolute Gasteiger partial charge is 0.378 e. The molecular formula is C15H21N3S. The summed E-state index contributed by atoms with van der Waals surface area (Å²) in [4.78, 5) is 6.41. The molecule has 0 spiro atoms. The molecule has 1 aromatic heterocycles. The molecule has 4 heteroatoms. The number of hydrogen-bond acceptors (Lipinski definition) is 4. The fraction of sp³-hybridized carbons (Fsp3) is 0.400. The highest BCUT2D eigenvalue weighted by molar-refractivity contribution is 7.09. The number of anilines is 1. The van der Waals surface area contributed by atoms with Gasteiger partial charge < -0.3 is 10.2 Å². The second-order valence-electron chi connectivity index (χ2n) is 4.84. The van der Waals surface area contributed by atoms with E-state index in [1.807, 2.05) is 11.6 Å². The lowest BCUT2D eigenvalue weighted by atomic mass is 10.1. The zero-order valence-electron chi connectivity index (χ0n) is 11.8. The maximum atomic E-state index is 4.29. The predicted molar refractivity (Wildman–Crippen MR) is 83.0 cm³/mol. The number of thiazole rings is 1. The summed E-state index contributed by atoms with van der Waals surface area (Å²) in [5, 5.41) is 6.76. The van der Waals surface area contributed by atoms with Gasteiger partial charge >= 0.3 is 0 Å². The van der Waals surface area contributed by atoms with Gasteiger partial charge in [-0.1, -0.05) is 12.1 Å². The Morgan fingerprint density at radius 2 is 2.00 bits per heavy atom. The number of aromatic nitrogens is 1. The van der Waals surface area contributed by atoms with Crippen LogP contribution >= 0.6 is 11.3 Å². The molecule has 0 fully saturated rings. The fourth-order valence-electron chi connectivity index (χ4n) is 1.95. The van der Waals surface area contributed by atoms with Gasteiger partial charge in [-0.15, -0.1) is 11.3 Å². The van der Waals surface area contributed by atoms with Crippen molar-refractivity contribution >= 4 is 17.0 Å². The molecule has 0 radical (unpaired) electrons. The first kappa shape index (κ1) is 14.0. The van der Waals surface area contributed by atoms with E-state index in [0.29, 0.717) is 6.04 Å². The van der Waals surface area contributed by atoms with E-state index in [1.165, 1.54) is 16.3 Å². The highest BCUT2D eigenvalue weighted by atomic mass is 32.1. The molecule has 0 aliphatic heterocycles. The molecule has 0 saturated carbocycles. The van der Waals surface area contributed by atoms with Crippen LogP contribution in [0.4, 0.5) is 5.69 Å². The van der Waals surface area contributed by atoms with Crippen LogP contribution in [0.1, 0.15) is 23.5 Å². The summed E-state index contributed by atoms with van der Waals surface area (Å²) >= 11 is 1.72. The molecule has 1 aromatic carbocycles. The van der Waals surface area contributed by atoms with Gasteiger partial charge in [-0.05, 0) is 24.6 Å². The van der Waals surface area contributed by atoms with Gasteiger partial charge in [0.2, 0.25) is 0 Å². The molecule has 1 atom stereocenters. The average molecular weight is 275 g/mol. The SMILES string of the molecule is CC(NCCc1nccs1)c1ccc(N(C)C)cc1. The third kappa shape index (κ3) is 4.04. The van der Waals surface area contributed by atoms with E-state index in [2.05, 4.69) is 60.5 Å². The minimum atomic E-state index is 0.371. The Balaban J connectivity index is 1.83. The van der Waals surface area contributed by atoms with Crippen LogP contribution in [-0.2, 0) is 6.42 Å². The lowest BCUT2D eigenvalue weighted by molar-refractivity contribution is 0.576. The second-order valence-corrected chi connectivity index (χ2v) is 5.82. The molecule has 102 valence electrons. The zero-order valence-corrected chi connectivity index (χ0v) is 12.6. The van der Waals surface area contributed by atoms with Crippen molar-refractivity contribution in [1.82, 2.24) is 10.3 Å². The molecule has 2 aromatic rings. The van der Waals surface area contributed by atoms with Gasteiger partial charge in [0.1, 0.15) is 0 Å². The highest BCUT2D eigenvalue weighted by Crippen LogP contribution is 2.17. The Bertz CT molecular complexity index is 477. The molecule has 0 aliphatic carbocycles. The van der Waals surface area contributed by atoms with Gasteiger partial charge in [-0.3, -0.25) is 0 Å². The summed E-state index contributed by atoms with van der Waals surface area (Å²) in [6.45, 7) is 3.16. The minimum Gasteiger partial charge on any atom is -0.378 e. The van der Waals surface area contributed by atoms with Crippen molar-refractivity contribution in [1.29, 1.82) is 0 Å². The van der Waals surface area contributed by atoms with Gasteiger partial charge in [0.05, 0.1) is 5.01 Å². The van der Waals surface area contributed by atoms with E-state index < -0.39 is 0 Å². The van der Waals surface area contributed by atoms with E-state index in [0.717, 1.165) is 13.0 Å². The molecule has 2 rings (SSSR count). The van der Waals surface area contributed by atoms with E-state index in [9.17, 15) is 0 Å². The first-order chi connectivity index (χ1) is 9.16. The molecule has 1 unspecified atom stereocenters. The summed E-state index contributed by atoms with van der Waals surface area (Å²) in [7, 11) is 4.12. The summed E-state index contributed by atoms with van der Waals surface area (Å²) in [6, 6.07) is 9.08. The van der Waals surface area contributed by atoms with E-state index in [-0.39, 0.29) is 0 Å². The van der Waals surface area contributed by atoms with Crippen LogP contribution in [0.15, 0.2) is 35.8 Å². The Kier molecular flexibility index (Phi) is 4.93. The standard InChI is InChI=1S/C15H21N3S/c1-12(16-9-8-15-17-10-11-19-15)13-4-6-14(7-5-13)18(2)3/h4-7,10-12,16H,8-9H2,1-3H3. The Morgan fingerprint density at radius 3 is 2.58 bits per heavy atom. The number of nitrogens with zero attached hydrogens (tertiary/aromatic N) is 2. The average Bonchev–Trinajstić information content (AvgIpc) is 2.92. The van der Waals surface area contributed by atoms with Crippen molar-refractivity contribution in [3.63, 3.8) is 0 Å². The van der Waals surface area contributed by atoms with Crippen molar-refractivity contribution in [2.24, 2.45) is 0 Å². The number of nitrogens with one attached hydrogen (secondary N) is 1. The Hall–Kier alpha value is -1.39. The van der Waals surface area contributed by atoms with Crippen LogP contribution in [0, 0.1) is 0 Å². The maximum absolute atomic E-state index is 4.29. The van der Waals surface area contributed by atoms with Gasteiger partial charge in [0.15, 0.2) is 0 Å². The summed E-state index contributed by atoms with van der Waals surface area (Å²) in [5.74, 6) is 0. The van der Waals surface area contributed by atoms with Gasteiger partial charge in [-0.25, -0.2) is 4.98 Å². The van der Waals surface area contributed by atoms with E-state index in [1.54, 1.807) is 11.3 Å². The molecule has 0 aliphatic rings. The van der Waals surface area contributed by atoms with Crippen LogP contribution < -0.4 is 10.2 Å². The molecule has 0 amide bonds. The van der Waals surface area contributed by atoms with Crippen molar-refractivity contribution in [2.45, 2.75) is 19.4 Å². The zero-order chi connectivity index (χ0) is 13.7. The van der Waals surface area contributed by atoms with Crippen molar-refractivity contribution in [2.75, 3.05) is 25.5 Å². The Labute approximate surface area is 119 Å². The summed E-state index contributed by atoms with van der Waals surface area (Å²) in [6.07, 6.45) is 2.86. The Morgan fingerprint density at radius 1 is 1.26 bits per heavy atom. The van der Waals surface area contributed by atoms with Crippen LogP contribution in [-0.4, -0.2) is 25.6 Å². The predicted octanol–water partition coefficient (Wildman–Crippen LogP) is 3.10. The van der Waals surface area contributed by atoms with Crippen molar-refractivity contribution < 1.29 is 0 Å². The summed E-state index contributed by atoms with van der Waals surface area (Å²) < 4.78 is 0. The molecule has 1 heterocycles. The quantitative estimate of drug-likeness (QED) is 0.878. The third-order valence-electron chi connectivity index (χ3n) is 3.18. The molecule has 0 bridgehead atoms. The normalized spacial score (nSPS) is 12.4. The smallest absolute Gasteiger partial charge is 0.0937 e. The first-order valence-corrected chi connectivity index (χ1v) is 7.44. The van der Waals surface area contributed by atoms with E-state index >= 15 is 0 Å². The van der Waals surface area contributed by atoms with Crippen LogP contribution in [0.5, 0.6) is 0 Å². The van der Waals surface area contributed by atoms with Crippen LogP contribution in [0.2, 0.25) is 0 Å². The number of rotatable bonds is 6. The topological polar surface area (TPSA) is 28.2 Å². The number of hydrogen-bond donors (Lipinski definition) is 1. The van der Waals surface area contributed by atoms with Crippen molar-refractivity contribution in [3.05, 3.63) is 46.4 Å². The lowest BCUT2D eigenvalue weighted by Gasteiger charge is -2.16. The van der Waals surface area contributed by atoms with Crippen molar-refractivity contribution in [3.8, 4) is 0 Å². The van der Waals surface area contributed by atoms with Crippen LogP contribution in [0.25, 0.3) is 0 Å². The molecular weight excluding hydrogens is 254 g/mol. The van der Waals surface area contributed by atoms with Gasteiger partial charge in [0, 0.05) is 50.4 Å². The summed E-state index contributed by atoms with van der Waals surface area (Å²) in [5.41, 5.74) is 2.56. The van der Waals surface area contributed by atoms with E-state index in [4.69, 9.17) is 0 Å². The molecule has 0 saturated heterocycles. The second kappa shape index (κ2) is 6.68. The molecule has 19 heavy (non-hydrogen) atoms. The van der Waals surface area contributed by atoms with Gasteiger partial charge in [-0.2, -0.15) is 0 Å². The molecule has 1 N–H and O–H groups in total.